The van der Waals surface area contributed by atoms with E-state index in [0.29, 0.717) is 6.61 Å². The van der Waals surface area contributed by atoms with Crippen molar-refractivity contribution in [2.24, 2.45) is 0 Å². The van der Waals surface area contributed by atoms with Crippen molar-refractivity contribution in [2.45, 2.75) is 341 Å². The molecule has 0 bridgehead atoms. The molecule has 0 aliphatic carbocycles. The van der Waals surface area contributed by atoms with E-state index in [0.717, 1.165) is 32.1 Å². The summed E-state index contributed by atoms with van der Waals surface area (Å²) in [5, 5.41) is 18.5. The molecule has 0 aromatic heterocycles. The van der Waals surface area contributed by atoms with Crippen molar-refractivity contribution in [1.29, 1.82) is 0 Å². The maximum absolute atomic E-state index is 12.7. The molecule has 0 saturated carbocycles. The molecule has 0 heterocycles. The van der Waals surface area contributed by atoms with Gasteiger partial charge < -0.3 is 24.6 Å². The van der Waals surface area contributed by atoms with Gasteiger partial charge in [-0.2, -0.15) is 0 Å². The topological polar surface area (TPSA) is 132 Å². The average molecular weight is 1000 g/mol. The Labute approximate surface area is 428 Å². The van der Waals surface area contributed by atoms with Gasteiger partial charge in [0.1, 0.15) is 12.2 Å². The lowest BCUT2D eigenvalue weighted by atomic mass is 10.0. The van der Waals surface area contributed by atoms with Gasteiger partial charge in [-0.3, -0.25) is 13.8 Å². The first-order valence-electron chi connectivity index (χ1n) is 30.5. The Morgan fingerprint density at radius 3 is 0.942 bits per heavy atom. The van der Waals surface area contributed by atoms with Gasteiger partial charge in [-0.1, -0.05) is 309 Å². The number of phosphoric acid groups is 1. The zero-order valence-corrected chi connectivity index (χ0v) is 47.0. The molecule has 10 heteroatoms. The van der Waals surface area contributed by atoms with Gasteiger partial charge in [-0.25, -0.2) is 4.57 Å². The van der Waals surface area contributed by atoms with Crippen LogP contribution in [0.1, 0.15) is 328 Å². The highest BCUT2D eigenvalue weighted by molar-refractivity contribution is 7.47. The van der Waals surface area contributed by atoms with E-state index in [2.05, 4.69) is 13.8 Å². The molecular formula is C59H119O9P. The zero-order chi connectivity index (χ0) is 50.2. The molecule has 0 spiro atoms. The molecule has 0 fully saturated rings. The normalized spacial score (nSPS) is 13.5. The Balaban J connectivity index is 3.82. The van der Waals surface area contributed by atoms with Gasteiger partial charge in [0.05, 0.1) is 26.4 Å². The summed E-state index contributed by atoms with van der Waals surface area (Å²) in [6.45, 7) is 3.62. The molecule has 1 unspecified atom stereocenters. The molecule has 0 rings (SSSR count). The van der Waals surface area contributed by atoms with Crippen molar-refractivity contribution < 1.29 is 43.0 Å². The molecule has 0 aliphatic heterocycles. The quantitative estimate of drug-likeness (QED) is 0.0310. The van der Waals surface area contributed by atoms with Crippen LogP contribution in [0.4, 0.5) is 0 Å². The number of phosphoric ester groups is 1. The van der Waals surface area contributed by atoms with Crippen molar-refractivity contribution >= 4 is 13.8 Å². The number of hydrogen-bond acceptors (Lipinski definition) is 8. The van der Waals surface area contributed by atoms with Crippen LogP contribution in [0.5, 0.6) is 0 Å². The van der Waals surface area contributed by atoms with Gasteiger partial charge in [-0.05, 0) is 12.8 Å². The fourth-order valence-corrected chi connectivity index (χ4v) is 10.2. The largest absolute Gasteiger partial charge is 0.472 e. The van der Waals surface area contributed by atoms with Crippen LogP contribution >= 0.6 is 7.82 Å². The number of carbonyl (C=O) groups is 1. The Bertz CT molecular complexity index is 1050. The minimum absolute atomic E-state index is 0.0589. The molecule has 69 heavy (non-hydrogen) atoms. The summed E-state index contributed by atoms with van der Waals surface area (Å²) < 4.78 is 33.6. The van der Waals surface area contributed by atoms with Crippen LogP contribution in [-0.2, 0) is 27.9 Å². The molecule has 414 valence electrons. The number of aliphatic hydroxyl groups excluding tert-OH is 2. The highest BCUT2D eigenvalue weighted by atomic mass is 31.2. The van der Waals surface area contributed by atoms with Crippen LogP contribution in [0.25, 0.3) is 0 Å². The van der Waals surface area contributed by atoms with Crippen molar-refractivity contribution in [1.82, 2.24) is 0 Å². The smallest absolute Gasteiger partial charge is 0.457 e. The van der Waals surface area contributed by atoms with Crippen LogP contribution < -0.4 is 0 Å². The van der Waals surface area contributed by atoms with Gasteiger partial charge >= 0.3 is 13.8 Å². The first-order chi connectivity index (χ1) is 33.8. The van der Waals surface area contributed by atoms with E-state index in [1.165, 1.54) is 276 Å². The summed E-state index contributed by atoms with van der Waals surface area (Å²) in [6.07, 6.45) is 62.6. The highest BCUT2D eigenvalue weighted by Gasteiger charge is 2.26. The zero-order valence-electron chi connectivity index (χ0n) is 46.1. The standard InChI is InChI=1S/C59H119O9P/c1-3-5-7-9-11-13-15-17-19-21-22-23-24-25-26-27-28-29-30-31-32-33-34-35-36-37-39-41-43-45-47-49-51-59(62)68-58(56-67-69(63,64)66-54-57(61)53-60)55-65-52-50-48-46-44-42-40-38-20-18-16-14-12-10-8-6-4-2/h57-58,60-61H,3-56H2,1-2H3,(H,63,64)/t57-,58+/m0/s1. The van der Waals surface area contributed by atoms with Crippen LogP contribution in [0, 0.1) is 0 Å². The molecule has 0 aliphatic rings. The maximum Gasteiger partial charge on any atom is 0.472 e. The number of esters is 1. The minimum atomic E-state index is -4.52. The van der Waals surface area contributed by atoms with Gasteiger partial charge in [0.2, 0.25) is 0 Å². The van der Waals surface area contributed by atoms with Crippen LogP contribution in [-0.4, -0.2) is 66.3 Å². The highest BCUT2D eigenvalue weighted by Crippen LogP contribution is 2.43. The van der Waals surface area contributed by atoms with Gasteiger partial charge in [-0.15, -0.1) is 0 Å². The molecule has 0 saturated heterocycles. The lowest BCUT2D eigenvalue weighted by molar-refractivity contribution is -0.154. The molecule has 0 amide bonds. The van der Waals surface area contributed by atoms with Crippen LogP contribution in [0.3, 0.4) is 0 Å². The van der Waals surface area contributed by atoms with Gasteiger partial charge in [0.15, 0.2) is 0 Å². The number of hydrogen-bond donors (Lipinski definition) is 3. The summed E-state index contributed by atoms with van der Waals surface area (Å²) in [7, 11) is -4.52. The van der Waals surface area contributed by atoms with E-state index < -0.39 is 33.2 Å². The first-order valence-corrected chi connectivity index (χ1v) is 32.0. The van der Waals surface area contributed by atoms with E-state index >= 15 is 0 Å². The fraction of sp³-hybridized carbons (Fsp3) is 0.983. The molecule has 9 nitrogen and oxygen atoms in total. The van der Waals surface area contributed by atoms with E-state index in [9.17, 15) is 19.4 Å². The number of rotatable bonds is 60. The Morgan fingerprint density at radius 2 is 0.652 bits per heavy atom. The Morgan fingerprint density at radius 1 is 0.391 bits per heavy atom. The third-order valence-corrected chi connectivity index (χ3v) is 15.0. The fourth-order valence-electron chi connectivity index (χ4n) is 9.42. The molecule has 3 N–H and O–H groups in total. The Kier molecular flexibility index (Phi) is 56.3. The molecule has 0 aromatic rings. The lowest BCUT2D eigenvalue weighted by Crippen LogP contribution is -2.29. The van der Waals surface area contributed by atoms with E-state index in [1.54, 1.807) is 0 Å². The number of carbonyl (C=O) groups excluding carboxylic acids is 1. The van der Waals surface area contributed by atoms with Crippen molar-refractivity contribution in [3.8, 4) is 0 Å². The summed E-state index contributed by atoms with van der Waals surface area (Å²) in [6, 6.07) is 0. The third kappa shape index (κ3) is 56.6. The van der Waals surface area contributed by atoms with Crippen molar-refractivity contribution in [3.05, 3.63) is 0 Å². The lowest BCUT2D eigenvalue weighted by Gasteiger charge is -2.20. The van der Waals surface area contributed by atoms with Gasteiger partial charge in [0.25, 0.3) is 0 Å². The number of aliphatic hydroxyl groups is 2. The summed E-state index contributed by atoms with van der Waals surface area (Å²) in [5.74, 6) is -0.371. The molecule has 0 radical (unpaired) electrons. The van der Waals surface area contributed by atoms with E-state index in [-0.39, 0.29) is 25.6 Å². The molecule has 3 atom stereocenters. The molecule has 0 aromatic carbocycles. The monoisotopic (exact) mass is 1000 g/mol. The number of ether oxygens (including phenoxy) is 2. The summed E-state index contributed by atoms with van der Waals surface area (Å²) in [4.78, 5) is 22.8. The third-order valence-electron chi connectivity index (χ3n) is 14.0. The van der Waals surface area contributed by atoms with Crippen molar-refractivity contribution in [3.63, 3.8) is 0 Å². The van der Waals surface area contributed by atoms with Crippen molar-refractivity contribution in [2.75, 3.05) is 33.0 Å². The first kappa shape index (κ1) is 68.5. The summed E-state index contributed by atoms with van der Waals surface area (Å²) >= 11 is 0. The SMILES string of the molecule is CCCCCCCCCCCCCCCCCCCCCCCCCCCCCCCCCCC(=O)O[C@H](COCCCCCCCCCCCCCCCCCC)COP(=O)(O)OC[C@@H](O)CO. The van der Waals surface area contributed by atoms with Gasteiger partial charge in [0, 0.05) is 13.0 Å². The minimum Gasteiger partial charge on any atom is -0.457 e. The predicted molar refractivity (Wildman–Crippen MR) is 293 cm³/mol. The Hall–Kier alpha value is -0.540. The predicted octanol–water partition coefficient (Wildman–Crippen LogP) is 18.6. The van der Waals surface area contributed by atoms with E-state index in [1.807, 2.05) is 0 Å². The summed E-state index contributed by atoms with van der Waals surface area (Å²) in [5.41, 5.74) is 0. The van der Waals surface area contributed by atoms with Crippen LogP contribution in [0.2, 0.25) is 0 Å². The second kappa shape index (κ2) is 56.8. The number of unbranched alkanes of at least 4 members (excludes halogenated alkanes) is 46. The van der Waals surface area contributed by atoms with E-state index in [4.69, 9.17) is 23.6 Å². The average Bonchev–Trinajstić information content (AvgIpc) is 3.34. The van der Waals surface area contributed by atoms with Crippen LogP contribution in [0.15, 0.2) is 0 Å². The maximum atomic E-state index is 12.7. The molecular weight excluding hydrogens is 884 g/mol. The second-order valence-electron chi connectivity index (χ2n) is 21.1. The second-order valence-corrected chi connectivity index (χ2v) is 22.6.